The zero-order valence-electron chi connectivity index (χ0n) is 16.9. The Labute approximate surface area is 176 Å². The molecule has 154 valence electrons. The van der Waals surface area contributed by atoms with Crippen molar-refractivity contribution in [3.63, 3.8) is 0 Å². The van der Waals surface area contributed by atoms with Crippen molar-refractivity contribution in [2.75, 3.05) is 11.9 Å². The average Bonchev–Trinajstić information content (AvgIpc) is 2.77. The number of nitrogens with zero attached hydrogens (tertiary/aromatic N) is 1. The molecule has 0 bridgehead atoms. The highest BCUT2D eigenvalue weighted by molar-refractivity contribution is 6.04. The molecule has 1 heterocycles. The van der Waals surface area contributed by atoms with E-state index in [1.807, 2.05) is 55.5 Å². The molecule has 6 nitrogen and oxygen atoms in total. The highest BCUT2D eigenvalue weighted by Gasteiger charge is 2.07. The first-order valence-electron chi connectivity index (χ1n) is 9.86. The van der Waals surface area contributed by atoms with Crippen molar-refractivity contribution in [3.05, 3.63) is 89.7 Å². The molecule has 1 aromatic heterocycles. The summed E-state index contributed by atoms with van der Waals surface area (Å²) in [5, 5.41) is 5.74. The molecule has 0 atom stereocenters. The number of hydrogen-bond donors (Lipinski definition) is 2. The molecular weight excluding hydrogens is 378 g/mol. The van der Waals surface area contributed by atoms with E-state index in [2.05, 4.69) is 15.6 Å². The topological polar surface area (TPSA) is 80.3 Å². The van der Waals surface area contributed by atoms with Crippen LogP contribution in [0.15, 0.2) is 73.1 Å². The van der Waals surface area contributed by atoms with Gasteiger partial charge in [-0.3, -0.25) is 14.6 Å². The first kappa shape index (κ1) is 21.0. The van der Waals surface area contributed by atoms with E-state index in [-0.39, 0.29) is 11.8 Å². The summed E-state index contributed by atoms with van der Waals surface area (Å²) in [6, 6.07) is 18.7. The molecular formula is C24H25N3O3. The van der Waals surface area contributed by atoms with Crippen LogP contribution in [-0.2, 0) is 11.3 Å². The number of nitrogens with one attached hydrogen (secondary N) is 2. The van der Waals surface area contributed by atoms with Crippen molar-refractivity contribution in [2.45, 2.75) is 26.3 Å². The highest BCUT2D eigenvalue weighted by Crippen LogP contribution is 2.13. The van der Waals surface area contributed by atoms with Crippen molar-refractivity contribution in [1.29, 1.82) is 0 Å². The normalized spacial score (nSPS) is 10.3. The fourth-order valence-electron chi connectivity index (χ4n) is 2.81. The molecule has 2 amide bonds. The summed E-state index contributed by atoms with van der Waals surface area (Å²) in [7, 11) is 0. The largest absolute Gasteiger partial charge is 0.494 e. The molecule has 6 heteroatoms. The molecule has 0 saturated carbocycles. The summed E-state index contributed by atoms with van der Waals surface area (Å²) >= 11 is 0. The highest BCUT2D eigenvalue weighted by atomic mass is 16.5. The molecule has 3 rings (SSSR count). The SMILES string of the molecule is Cc1ccc(OCCCC(=O)NCc2cccc(NC(=O)c3cccnc3)c2)cc1. The number of carbonyl (C=O) groups excluding carboxylic acids is 2. The standard InChI is InChI=1S/C24H25N3O3/c1-18-9-11-22(12-10-18)30-14-4-8-23(28)26-16-19-5-2-7-21(15-19)27-24(29)20-6-3-13-25-17-20/h2-3,5-7,9-13,15,17H,4,8,14,16H2,1H3,(H,26,28)(H,27,29). The van der Waals surface area contributed by atoms with Crippen LogP contribution in [0.4, 0.5) is 5.69 Å². The summed E-state index contributed by atoms with van der Waals surface area (Å²) in [5.74, 6) is 0.552. The third kappa shape index (κ3) is 6.74. The van der Waals surface area contributed by atoms with Crippen LogP contribution in [0.1, 0.15) is 34.3 Å². The number of aryl methyl sites for hydroxylation is 1. The summed E-state index contributed by atoms with van der Waals surface area (Å²) < 4.78 is 5.64. The van der Waals surface area contributed by atoms with E-state index in [1.54, 1.807) is 18.3 Å². The molecule has 0 spiro atoms. The Balaban J connectivity index is 1.39. The maximum atomic E-state index is 12.2. The van der Waals surface area contributed by atoms with E-state index in [0.717, 1.165) is 11.3 Å². The summed E-state index contributed by atoms with van der Waals surface area (Å²) in [5.41, 5.74) is 3.25. The van der Waals surface area contributed by atoms with Gasteiger partial charge in [-0.25, -0.2) is 0 Å². The second-order valence-corrected chi connectivity index (χ2v) is 6.94. The molecule has 2 N–H and O–H groups in total. The Kier molecular flexibility index (Phi) is 7.55. The van der Waals surface area contributed by atoms with E-state index in [9.17, 15) is 9.59 Å². The molecule has 2 aromatic carbocycles. The zero-order chi connectivity index (χ0) is 21.2. The van der Waals surface area contributed by atoms with Gasteiger partial charge in [-0.1, -0.05) is 29.8 Å². The van der Waals surface area contributed by atoms with Crippen molar-refractivity contribution in [1.82, 2.24) is 10.3 Å². The monoisotopic (exact) mass is 403 g/mol. The average molecular weight is 403 g/mol. The fourth-order valence-corrected chi connectivity index (χ4v) is 2.81. The maximum Gasteiger partial charge on any atom is 0.257 e. The number of rotatable bonds is 9. The van der Waals surface area contributed by atoms with Gasteiger partial charge >= 0.3 is 0 Å². The van der Waals surface area contributed by atoms with Crippen molar-refractivity contribution in [2.24, 2.45) is 0 Å². The van der Waals surface area contributed by atoms with Crippen LogP contribution in [0, 0.1) is 6.92 Å². The molecule has 0 radical (unpaired) electrons. The number of hydrogen-bond acceptors (Lipinski definition) is 4. The maximum absolute atomic E-state index is 12.2. The molecule has 0 saturated heterocycles. The lowest BCUT2D eigenvalue weighted by atomic mass is 10.2. The lowest BCUT2D eigenvalue weighted by molar-refractivity contribution is -0.121. The van der Waals surface area contributed by atoms with E-state index in [0.29, 0.717) is 37.2 Å². The van der Waals surface area contributed by atoms with Gasteiger partial charge in [-0.15, -0.1) is 0 Å². The molecule has 0 aliphatic heterocycles. The van der Waals surface area contributed by atoms with Crippen molar-refractivity contribution in [3.8, 4) is 5.75 Å². The summed E-state index contributed by atoms with van der Waals surface area (Å²) in [6.07, 6.45) is 4.17. The lowest BCUT2D eigenvalue weighted by Gasteiger charge is -2.09. The van der Waals surface area contributed by atoms with Gasteiger partial charge in [-0.05, 0) is 55.3 Å². The molecule has 0 unspecified atom stereocenters. The van der Waals surface area contributed by atoms with Gasteiger partial charge in [-0.2, -0.15) is 0 Å². The zero-order valence-corrected chi connectivity index (χ0v) is 16.9. The Morgan fingerprint density at radius 2 is 1.87 bits per heavy atom. The number of benzene rings is 2. The second kappa shape index (κ2) is 10.8. The van der Waals surface area contributed by atoms with Gasteiger partial charge in [0.25, 0.3) is 5.91 Å². The second-order valence-electron chi connectivity index (χ2n) is 6.94. The smallest absolute Gasteiger partial charge is 0.257 e. The number of amides is 2. The van der Waals surface area contributed by atoms with Crippen molar-refractivity contribution < 1.29 is 14.3 Å². The van der Waals surface area contributed by atoms with Crippen LogP contribution in [0.3, 0.4) is 0 Å². The van der Waals surface area contributed by atoms with E-state index in [1.165, 1.54) is 11.8 Å². The Hall–Kier alpha value is -3.67. The van der Waals surface area contributed by atoms with E-state index < -0.39 is 0 Å². The van der Waals surface area contributed by atoms with Gasteiger partial charge < -0.3 is 15.4 Å². The van der Waals surface area contributed by atoms with Crippen LogP contribution in [0.2, 0.25) is 0 Å². The number of ether oxygens (including phenoxy) is 1. The third-order valence-electron chi connectivity index (χ3n) is 4.44. The van der Waals surface area contributed by atoms with Crippen LogP contribution in [0.25, 0.3) is 0 Å². The van der Waals surface area contributed by atoms with Crippen LogP contribution in [-0.4, -0.2) is 23.4 Å². The predicted molar refractivity (Wildman–Crippen MR) is 116 cm³/mol. The molecule has 0 fully saturated rings. The molecule has 0 aliphatic carbocycles. The Bertz CT molecular complexity index is 973. The third-order valence-corrected chi connectivity index (χ3v) is 4.44. The predicted octanol–water partition coefficient (Wildman–Crippen LogP) is 4.12. The van der Waals surface area contributed by atoms with Gasteiger partial charge in [0.15, 0.2) is 0 Å². The number of carbonyl (C=O) groups is 2. The first-order chi connectivity index (χ1) is 14.6. The number of anilines is 1. The fraction of sp³-hybridized carbons (Fsp3) is 0.208. The minimum atomic E-state index is -0.224. The van der Waals surface area contributed by atoms with Gasteiger partial charge in [0.2, 0.25) is 5.91 Å². The lowest BCUT2D eigenvalue weighted by Crippen LogP contribution is -2.23. The van der Waals surface area contributed by atoms with Gasteiger partial charge in [0, 0.05) is 31.0 Å². The Morgan fingerprint density at radius 3 is 2.63 bits per heavy atom. The minimum Gasteiger partial charge on any atom is -0.494 e. The molecule has 30 heavy (non-hydrogen) atoms. The summed E-state index contributed by atoms with van der Waals surface area (Å²) in [4.78, 5) is 28.2. The van der Waals surface area contributed by atoms with Gasteiger partial charge in [0.05, 0.1) is 12.2 Å². The molecule has 0 aliphatic rings. The summed E-state index contributed by atoms with van der Waals surface area (Å²) in [6.45, 7) is 2.92. The van der Waals surface area contributed by atoms with Crippen molar-refractivity contribution >= 4 is 17.5 Å². The van der Waals surface area contributed by atoms with Crippen LogP contribution >= 0.6 is 0 Å². The van der Waals surface area contributed by atoms with E-state index >= 15 is 0 Å². The first-order valence-corrected chi connectivity index (χ1v) is 9.86. The quantitative estimate of drug-likeness (QED) is 0.527. The molecule has 3 aromatic rings. The van der Waals surface area contributed by atoms with Crippen LogP contribution in [0.5, 0.6) is 5.75 Å². The minimum absolute atomic E-state index is 0.0349. The Morgan fingerprint density at radius 1 is 1.03 bits per heavy atom. The number of aromatic nitrogens is 1. The van der Waals surface area contributed by atoms with Crippen LogP contribution < -0.4 is 15.4 Å². The number of pyridine rings is 1. The van der Waals surface area contributed by atoms with Gasteiger partial charge in [0.1, 0.15) is 5.75 Å². The van der Waals surface area contributed by atoms with E-state index in [4.69, 9.17) is 4.74 Å².